The van der Waals surface area contributed by atoms with E-state index in [-0.39, 0.29) is 0 Å². The maximum absolute atomic E-state index is 5.74. The first-order chi connectivity index (χ1) is 27.5. The van der Waals surface area contributed by atoms with E-state index >= 15 is 0 Å². The lowest BCUT2D eigenvalue weighted by atomic mass is 10.0. The smallest absolute Gasteiger partial charge is 0.123 e. The summed E-state index contributed by atoms with van der Waals surface area (Å²) in [7, 11) is 6.61. The Morgan fingerprint density at radius 3 is 1.04 bits per heavy atom. The van der Waals surface area contributed by atoms with E-state index < -0.39 is 0 Å². The molecule has 7 heterocycles. The molecule has 56 heavy (non-hydrogen) atoms. The zero-order valence-corrected chi connectivity index (χ0v) is 31.1. The van der Waals surface area contributed by atoms with Crippen LogP contribution in [0.4, 0.5) is 0 Å². The fourth-order valence-electron chi connectivity index (χ4n) is 7.36. The maximum atomic E-state index is 5.74. The zero-order valence-electron chi connectivity index (χ0n) is 31.1. The van der Waals surface area contributed by atoms with Gasteiger partial charge >= 0.3 is 0 Å². The summed E-state index contributed by atoms with van der Waals surface area (Å²) in [6, 6.07) is 28.1. The van der Waals surface area contributed by atoms with Gasteiger partial charge in [0.25, 0.3) is 0 Å². The molecule has 0 saturated carbocycles. The zero-order chi connectivity index (χ0) is 38.2. The van der Waals surface area contributed by atoms with Crippen molar-refractivity contribution in [2.45, 2.75) is 0 Å². The number of pyridine rings is 2. The van der Waals surface area contributed by atoms with Gasteiger partial charge in [-0.3, -0.25) is 9.97 Å². The van der Waals surface area contributed by atoms with Crippen molar-refractivity contribution in [2.24, 2.45) is 0 Å². The van der Waals surface area contributed by atoms with Crippen molar-refractivity contribution in [2.75, 3.05) is 28.4 Å². The third kappa shape index (κ3) is 6.22. The Morgan fingerprint density at radius 2 is 0.679 bits per heavy atom. The number of benzene rings is 2. The molecule has 7 aromatic rings. The molecule has 0 radical (unpaired) electrons. The molecule has 0 aliphatic carbocycles. The van der Waals surface area contributed by atoms with Crippen molar-refractivity contribution in [3.05, 3.63) is 132 Å². The lowest BCUT2D eigenvalue weighted by molar-refractivity contribution is 0.394. The van der Waals surface area contributed by atoms with Crippen LogP contribution in [-0.4, -0.2) is 58.3 Å². The van der Waals surface area contributed by atoms with E-state index in [1.54, 1.807) is 53.2 Å². The number of ether oxygens (including phenoxy) is 4. The van der Waals surface area contributed by atoms with Crippen molar-refractivity contribution in [1.82, 2.24) is 29.9 Å². The number of H-pyrrole nitrogens is 2. The predicted molar refractivity (Wildman–Crippen MR) is 222 cm³/mol. The number of methoxy groups -OCH3 is 4. The Morgan fingerprint density at radius 1 is 0.357 bits per heavy atom. The highest BCUT2D eigenvalue weighted by Gasteiger charge is 2.21. The molecule has 8 bridgehead atoms. The third-order valence-electron chi connectivity index (χ3n) is 9.97. The van der Waals surface area contributed by atoms with Gasteiger partial charge in [0.2, 0.25) is 0 Å². The number of nitrogens with one attached hydrogen (secondary N) is 2. The van der Waals surface area contributed by atoms with Gasteiger partial charge in [-0.1, -0.05) is 0 Å². The van der Waals surface area contributed by atoms with E-state index in [1.807, 2.05) is 85.0 Å². The molecule has 0 amide bonds. The van der Waals surface area contributed by atoms with Crippen LogP contribution in [0.15, 0.2) is 110 Å². The first-order valence-electron chi connectivity index (χ1n) is 18.0. The minimum absolute atomic E-state index is 0.657. The average molecular weight is 737 g/mol. The second kappa shape index (κ2) is 14.4. The van der Waals surface area contributed by atoms with Gasteiger partial charge in [0.05, 0.1) is 51.2 Å². The molecule has 2 aliphatic heterocycles. The van der Waals surface area contributed by atoms with Gasteiger partial charge in [-0.25, -0.2) is 9.97 Å². The van der Waals surface area contributed by atoms with Crippen LogP contribution in [0, 0.1) is 0 Å². The molecule has 2 N–H and O–H groups in total. The second-order valence-electron chi connectivity index (χ2n) is 13.2. The maximum Gasteiger partial charge on any atom is 0.123 e. The highest BCUT2D eigenvalue weighted by Crippen LogP contribution is 2.40. The molecular weight excluding hydrogens is 701 g/mol. The highest BCUT2D eigenvalue weighted by atomic mass is 16.5. The minimum Gasteiger partial charge on any atom is -0.497 e. The molecule has 5 aromatic heterocycles. The van der Waals surface area contributed by atoms with E-state index in [2.05, 4.69) is 44.2 Å². The van der Waals surface area contributed by atoms with Crippen molar-refractivity contribution >= 4 is 46.4 Å². The number of nitrogens with zero attached hydrogens (tertiary/aromatic N) is 4. The summed E-state index contributed by atoms with van der Waals surface area (Å²) in [5.74, 6) is 2.66. The number of aromatic amines is 2. The Labute approximate surface area is 322 Å². The summed E-state index contributed by atoms with van der Waals surface area (Å²) < 4.78 is 22.9. The minimum atomic E-state index is 0.657. The molecule has 0 spiro atoms. The van der Waals surface area contributed by atoms with Crippen molar-refractivity contribution < 1.29 is 18.9 Å². The number of fused-ring (bicyclic) bond motifs is 8. The quantitative estimate of drug-likeness (QED) is 0.158. The molecule has 9 rings (SSSR count). The second-order valence-corrected chi connectivity index (χ2v) is 13.2. The number of rotatable bonds is 8. The van der Waals surface area contributed by atoms with E-state index in [1.165, 1.54) is 0 Å². The summed E-state index contributed by atoms with van der Waals surface area (Å²) in [6.45, 7) is 0. The summed E-state index contributed by atoms with van der Waals surface area (Å²) in [5, 5.41) is 0. The fraction of sp³-hybridized carbons (Fsp3) is 0.0870. The molecule has 0 unspecified atom stereocenters. The molecule has 0 atom stereocenters. The molecule has 10 nitrogen and oxygen atoms in total. The van der Waals surface area contributed by atoms with Gasteiger partial charge in [0.1, 0.15) is 23.0 Å². The average Bonchev–Trinajstić information content (AvgIpc) is 4.09. The predicted octanol–water partition coefficient (Wildman–Crippen LogP) is 10.1. The normalized spacial score (nSPS) is 11.8. The summed E-state index contributed by atoms with van der Waals surface area (Å²) in [6.07, 6.45) is 15.4. The standard InChI is InChI=1S/C46H36N6O4/c1-53-31-21-29(22-32(25-31)54-2)45-39-9-5-35(49-39)43(27-13-17-47-18-14-27)37-7-11-41(51-37)46(30-23-33(55-3)26-34(24-30)56-4)42-12-8-38(52-42)44(28-15-19-48-20-16-28)36-6-10-40(45)50-36/h5-26,49-50H,1-4H3. The Balaban J connectivity index is 1.48. The number of aromatic nitrogens is 6. The van der Waals surface area contributed by atoms with Crippen molar-refractivity contribution in [1.29, 1.82) is 0 Å². The topological polar surface area (TPSA) is 120 Å². The van der Waals surface area contributed by atoms with Crippen LogP contribution in [0.25, 0.3) is 90.9 Å². The van der Waals surface area contributed by atoms with E-state index in [9.17, 15) is 0 Å². The van der Waals surface area contributed by atoms with Gasteiger partial charge in [-0.15, -0.1) is 0 Å². The third-order valence-corrected chi connectivity index (χ3v) is 9.97. The fourth-order valence-corrected chi connectivity index (χ4v) is 7.36. The van der Waals surface area contributed by atoms with Crippen LogP contribution in [0.5, 0.6) is 23.0 Å². The SMILES string of the molecule is COc1cc(OC)cc(-c2c3nc(c(-c4ccncc4)c4ccc([nH]4)c(-c4cc(OC)cc(OC)c4)c4ccc([nH]4)c(-c4ccncc4)c4nc2C=C4)C=C3)c1. The van der Waals surface area contributed by atoms with Crippen molar-refractivity contribution in [3.63, 3.8) is 0 Å². The summed E-state index contributed by atoms with van der Waals surface area (Å²) in [5.41, 5.74) is 13.8. The molecule has 0 saturated heterocycles. The van der Waals surface area contributed by atoms with Gasteiger partial charge in [-0.05, 0) is 119 Å². The van der Waals surface area contributed by atoms with Gasteiger partial charge < -0.3 is 28.9 Å². The van der Waals surface area contributed by atoms with E-state index in [4.69, 9.17) is 28.9 Å². The monoisotopic (exact) mass is 736 g/mol. The highest BCUT2D eigenvalue weighted by molar-refractivity contribution is 6.00. The lowest BCUT2D eigenvalue weighted by Gasteiger charge is -2.10. The van der Waals surface area contributed by atoms with E-state index in [0.717, 1.165) is 89.4 Å². The molecule has 10 heteroatoms. The summed E-state index contributed by atoms with van der Waals surface area (Å²) >= 11 is 0. The molecular formula is C46H36N6O4. The number of hydrogen-bond donors (Lipinski definition) is 2. The number of hydrogen-bond acceptors (Lipinski definition) is 8. The van der Waals surface area contributed by atoms with Crippen LogP contribution in [-0.2, 0) is 0 Å². The Hall–Kier alpha value is -7.46. The lowest BCUT2D eigenvalue weighted by Crippen LogP contribution is -1.93. The van der Waals surface area contributed by atoms with Crippen LogP contribution in [0.2, 0.25) is 0 Å². The molecule has 0 fully saturated rings. The first-order valence-corrected chi connectivity index (χ1v) is 18.0. The molecule has 2 aliphatic rings. The summed E-state index contributed by atoms with van der Waals surface area (Å²) in [4.78, 5) is 26.9. The van der Waals surface area contributed by atoms with Crippen LogP contribution < -0.4 is 18.9 Å². The van der Waals surface area contributed by atoms with Crippen LogP contribution >= 0.6 is 0 Å². The van der Waals surface area contributed by atoms with Gasteiger partial charge in [0, 0.05) is 81.2 Å². The van der Waals surface area contributed by atoms with Crippen molar-refractivity contribution in [3.8, 4) is 67.5 Å². The first kappa shape index (κ1) is 34.3. The Kier molecular flexibility index (Phi) is 8.83. The Bertz CT molecular complexity index is 2680. The molecule has 274 valence electrons. The largest absolute Gasteiger partial charge is 0.497 e. The van der Waals surface area contributed by atoms with E-state index in [0.29, 0.717) is 23.0 Å². The molecule has 2 aromatic carbocycles. The van der Waals surface area contributed by atoms with Gasteiger partial charge in [0.15, 0.2) is 0 Å². The van der Waals surface area contributed by atoms with Crippen LogP contribution in [0.3, 0.4) is 0 Å². The van der Waals surface area contributed by atoms with Crippen LogP contribution in [0.1, 0.15) is 22.8 Å². The van der Waals surface area contributed by atoms with Gasteiger partial charge in [-0.2, -0.15) is 0 Å².